The van der Waals surface area contributed by atoms with E-state index in [9.17, 15) is 0 Å². The molecule has 15 heavy (non-hydrogen) atoms. The molecule has 2 N–H and O–H groups in total. The normalized spacial score (nSPS) is 49.6. The highest BCUT2D eigenvalue weighted by molar-refractivity contribution is 5.05. The fraction of sp³-hybridized carbons (Fsp3) is 1.00. The first kappa shape index (κ1) is 10.1. The molecule has 0 heterocycles. The van der Waals surface area contributed by atoms with Crippen molar-refractivity contribution in [1.29, 1.82) is 0 Å². The van der Waals surface area contributed by atoms with E-state index in [4.69, 9.17) is 5.11 Å². The van der Waals surface area contributed by atoms with Crippen molar-refractivity contribution >= 4 is 0 Å². The summed E-state index contributed by atoms with van der Waals surface area (Å²) < 4.78 is 0. The molecule has 2 nitrogen and oxygen atoms in total. The average molecular weight is 209 g/mol. The van der Waals surface area contributed by atoms with Crippen LogP contribution in [0.1, 0.15) is 39.0 Å². The number of aliphatic hydroxyl groups is 1. The van der Waals surface area contributed by atoms with Crippen LogP contribution in [0, 0.1) is 23.7 Å². The van der Waals surface area contributed by atoms with Gasteiger partial charge in [0, 0.05) is 12.1 Å². The first-order valence-electron chi connectivity index (χ1n) is 6.66. The van der Waals surface area contributed by atoms with Crippen LogP contribution in [-0.4, -0.2) is 23.8 Å². The predicted octanol–water partition coefficient (Wildman–Crippen LogP) is 1.78. The molecule has 0 aromatic rings. The molecule has 0 amide bonds. The molecular weight excluding hydrogens is 186 g/mol. The summed E-state index contributed by atoms with van der Waals surface area (Å²) in [4.78, 5) is 0. The number of fused-ring (bicyclic) bond motifs is 5. The summed E-state index contributed by atoms with van der Waals surface area (Å²) in [6, 6.07) is 1.01. The van der Waals surface area contributed by atoms with Crippen molar-refractivity contribution < 1.29 is 5.11 Å². The Kier molecular flexibility index (Phi) is 2.52. The molecule has 0 aromatic heterocycles. The summed E-state index contributed by atoms with van der Waals surface area (Å²) in [5, 5.41) is 12.7. The summed E-state index contributed by atoms with van der Waals surface area (Å²) >= 11 is 0. The number of aliphatic hydroxyl groups excluding tert-OH is 1. The highest BCUT2D eigenvalue weighted by Gasteiger charge is 2.53. The minimum absolute atomic E-state index is 0.280. The Balaban J connectivity index is 1.65. The third-order valence-corrected chi connectivity index (χ3v) is 5.20. The van der Waals surface area contributed by atoms with Gasteiger partial charge < -0.3 is 10.4 Å². The zero-order valence-electron chi connectivity index (χ0n) is 9.65. The van der Waals surface area contributed by atoms with Crippen LogP contribution in [0.15, 0.2) is 0 Å². The molecule has 0 aliphatic heterocycles. The summed E-state index contributed by atoms with van der Waals surface area (Å²) in [6.45, 7) is 2.38. The molecule has 0 spiro atoms. The van der Waals surface area contributed by atoms with Gasteiger partial charge in [-0.15, -0.1) is 0 Å². The van der Waals surface area contributed by atoms with Gasteiger partial charge in [0.1, 0.15) is 0 Å². The fourth-order valence-electron chi connectivity index (χ4n) is 4.68. The van der Waals surface area contributed by atoms with Gasteiger partial charge in [0.15, 0.2) is 0 Å². The quantitative estimate of drug-likeness (QED) is 0.742. The van der Waals surface area contributed by atoms with E-state index < -0.39 is 0 Å². The second kappa shape index (κ2) is 3.74. The molecule has 0 aromatic carbocycles. The fourth-order valence-corrected chi connectivity index (χ4v) is 4.68. The van der Waals surface area contributed by atoms with Gasteiger partial charge in [0.2, 0.25) is 0 Å². The Hall–Kier alpha value is -0.0800. The minimum Gasteiger partial charge on any atom is -0.395 e. The van der Waals surface area contributed by atoms with Crippen molar-refractivity contribution in [2.45, 2.75) is 51.1 Å². The molecule has 0 radical (unpaired) electrons. The van der Waals surface area contributed by atoms with E-state index in [2.05, 4.69) is 12.2 Å². The Morgan fingerprint density at radius 1 is 1.20 bits per heavy atom. The molecule has 3 aliphatic rings. The van der Waals surface area contributed by atoms with Crippen molar-refractivity contribution in [3.8, 4) is 0 Å². The first-order valence-corrected chi connectivity index (χ1v) is 6.66. The van der Waals surface area contributed by atoms with Gasteiger partial charge in [-0.25, -0.2) is 0 Å². The summed E-state index contributed by atoms with van der Waals surface area (Å²) in [6.07, 6.45) is 7.33. The van der Waals surface area contributed by atoms with Gasteiger partial charge in [0.05, 0.1) is 6.61 Å². The molecule has 5 unspecified atom stereocenters. The summed E-state index contributed by atoms with van der Waals surface area (Å²) in [5.41, 5.74) is 0. The van der Waals surface area contributed by atoms with E-state index in [0.29, 0.717) is 0 Å². The maximum atomic E-state index is 9.09. The highest BCUT2D eigenvalue weighted by atomic mass is 16.3. The van der Waals surface area contributed by atoms with Crippen LogP contribution in [0.2, 0.25) is 0 Å². The molecule has 3 aliphatic carbocycles. The maximum Gasteiger partial charge on any atom is 0.0582 e. The van der Waals surface area contributed by atoms with E-state index in [-0.39, 0.29) is 12.6 Å². The predicted molar refractivity (Wildman–Crippen MR) is 60.5 cm³/mol. The molecule has 6 atom stereocenters. The lowest BCUT2D eigenvalue weighted by molar-refractivity contribution is 0.176. The van der Waals surface area contributed by atoms with E-state index in [1.807, 2.05) is 0 Å². The van der Waals surface area contributed by atoms with Crippen LogP contribution >= 0.6 is 0 Å². The summed E-state index contributed by atoms with van der Waals surface area (Å²) in [7, 11) is 0. The summed E-state index contributed by atoms with van der Waals surface area (Å²) in [5.74, 6) is 4.08. The second-order valence-corrected chi connectivity index (χ2v) is 6.01. The van der Waals surface area contributed by atoms with Gasteiger partial charge in [-0.1, -0.05) is 6.42 Å². The minimum atomic E-state index is 0.280. The molecule has 2 heteroatoms. The number of hydrogen-bond donors (Lipinski definition) is 2. The SMILES string of the molecule is C[C@@H](CO)NC1CC2CC1C1CCCC21. The molecule has 2 bridgehead atoms. The van der Waals surface area contributed by atoms with Crippen molar-refractivity contribution in [1.82, 2.24) is 5.32 Å². The van der Waals surface area contributed by atoms with E-state index >= 15 is 0 Å². The monoisotopic (exact) mass is 209 g/mol. The average Bonchev–Trinajstić information content (AvgIpc) is 2.87. The zero-order chi connectivity index (χ0) is 10.4. The van der Waals surface area contributed by atoms with Crippen molar-refractivity contribution in [3.05, 3.63) is 0 Å². The zero-order valence-corrected chi connectivity index (χ0v) is 9.65. The van der Waals surface area contributed by atoms with Crippen LogP contribution in [0.5, 0.6) is 0 Å². The van der Waals surface area contributed by atoms with Crippen molar-refractivity contribution in [3.63, 3.8) is 0 Å². The Labute approximate surface area is 92.4 Å². The second-order valence-electron chi connectivity index (χ2n) is 6.01. The lowest BCUT2D eigenvalue weighted by atomic mass is 9.79. The van der Waals surface area contributed by atoms with Gasteiger partial charge in [0.25, 0.3) is 0 Å². The standard InChI is InChI=1S/C13H23NO/c1-8(7-15)14-13-6-9-5-12(13)11-4-2-3-10(9)11/h8-15H,2-7H2,1H3/t8-,9?,10?,11?,12?,13?/m0/s1. The van der Waals surface area contributed by atoms with Crippen molar-refractivity contribution in [2.75, 3.05) is 6.61 Å². The number of hydrogen-bond acceptors (Lipinski definition) is 2. The third kappa shape index (κ3) is 1.53. The van der Waals surface area contributed by atoms with E-state index in [1.54, 1.807) is 0 Å². The number of nitrogens with one attached hydrogen (secondary N) is 1. The molecule has 86 valence electrons. The van der Waals surface area contributed by atoms with Crippen LogP contribution in [0.3, 0.4) is 0 Å². The Morgan fingerprint density at radius 2 is 2.00 bits per heavy atom. The van der Waals surface area contributed by atoms with E-state index in [0.717, 1.165) is 29.7 Å². The molecule has 3 fully saturated rings. The van der Waals surface area contributed by atoms with Gasteiger partial charge >= 0.3 is 0 Å². The molecule has 3 rings (SSSR count). The Morgan fingerprint density at radius 3 is 2.80 bits per heavy atom. The van der Waals surface area contributed by atoms with Crippen molar-refractivity contribution in [2.24, 2.45) is 23.7 Å². The van der Waals surface area contributed by atoms with Gasteiger partial charge in [-0.05, 0) is 56.3 Å². The molecule has 0 saturated heterocycles. The van der Waals surface area contributed by atoms with Crippen LogP contribution in [-0.2, 0) is 0 Å². The molecule has 3 saturated carbocycles. The topological polar surface area (TPSA) is 32.3 Å². The van der Waals surface area contributed by atoms with Gasteiger partial charge in [-0.2, -0.15) is 0 Å². The van der Waals surface area contributed by atoms with Crippen LogP contribution < -0.4 is 5.32 Å². The molecular formula is C13H23NO. The Bertz CT molecular complexity index is 243. The number of rotatable bonds is 3. The first-order chi connectivity index (χ1) is 7.29. The largest absolute Gasteiger partial charge is 0.395 e. The van der Waals surface area contributed by atoms with E-state index in [1.165, 1.54) is 32.1 Å². The van der Waals surface area contributed by atoms with Gasteiger partial charge in [-0.3, -0.25) is 0 Å². The highest BCUT2D eigenvalue weighted by Crippen LogP contribution is 2.58. The maximum absolute atomic E-state index is 9.09. The lowest BCUT2D eigenvalue weighted by Gasteiger charge is -2.33. The smallest absolute Gasteiger partial charge is 0.0582 e. The van der Waals surface area contributed by atoms with Crippen LogP contribution in [0.4, 0.5) is 0 Å². The third-order valence-electron chi connectivity index (χ3n) is 5.20. The van der Waals surface area contributed by atoms with Crippen LogP contribution in [0.25, 0.3) is 0 Å². The lowest BCUT2D eigenvalue weighted by Crippen LogP contribution is -2.44.